The Bertz CT molecular complexity index is 636. The Kier molecular flexibility index (Phi) is 3.85. The number of halogens is 1. The van der Waals surface area contributed by atoms with Crippen molar-refractivity contribution in [1.82, 2.24) is 0 Å². The van der Waals surface area contributed by atoms with Crippen molar-refractivity contribution in [2.45, 2.75) is 6.92 Å². The lowest BCUT2D eigenvalue weighted by Gasteiger charge is -2.09. The summed E-state index contributed by atoms with van der Waals surface area (Å²) in [6, 6.07) is 11.8. The van der Waals surface area contributed by atoms with Gasteiger partial charge >= 0.3 is 0 Å². The molecule has 0 fully saturated rings. The van der Waals surface area contributed by atoms with E-state index in [9.17, 15) is 5.26 Å². The molecule has 0 bridgehead atoms. The van der Waals surface area contributed by atoms with Gasteiger partial charge in [-0.1, -0.05) is 34.1 Å². The Morgan fingerprint density at radius 1 is 1.33 bits per heavy atom. The van der Waals surface area contributed by atoms with Crippen molar-refractivity contribution in [3.8, 4) is 6.07 Å². The average Bonchev–Trinajstić information content (AvgIpc) is 2.87. The number of hydrogen-bond acceptors (Lipinski definition) is 3. The standard InChI is InChI=1S/C14H11BrN2S/c1-9-10(4-2-5-12(9)15)14(17)11(8-16)13-6-3-7-18-13/h2-7H,17H2,1H3/b14-11+. The Labute approximate surface area is 118 Å². The van der Waals surface area contributed by atoms with Crippen molar-refractivity contribution in [3.05, 3.63) is 56.2 Å². The lowest BCUT2D eigenvalue weighted by atomic mass is 10.0. The number of nitriles is 1. The van der Waals surface area contributed by atoms with Crippen LogP contribution >= 0.6 is 27.3 Å². The second-order valence-electron chi connectivity index (χ2n) is 3.79. The molecule has 2 nitrogen and oxygen atoms in total. The number of rotatable bonds is 2. The summed E-state index contributed by atoms with van der Waals surface area (Å²) in [5.74, 6) is 0. The summed E-state index contributed by atoms with van der Waals surface area (Å²) in [5, 5.41) is 11.2. The van der Waals surface area contributed by atoms with Gasteiger partial charge in [-0.3, -0.25) is 0 Å². The summed E-state index contributed by atoms with van der Waals surface area (Å²) < 4.78 is 0.992. The Hall–Kier alpha value is -1.57. The molecule has 0 atom stereocenters. The first-order valence-corrected chi connectivity index (χ1v) is 7.01. The number of thiophene rings is 1. The molecule has 0 saturated heterocycles. The SMILES string of the molecule is Cc1c(Br)cccc1/C(N)=C(/C#N)c1cccs1. The molecule has 0 aliphatic heterocycles. The maximum Gasteiger partial charge on any atom is 0.103 e. The maximum atomic E-state index is 9.30. The van der Waals surface area contributed by atoms with Crippen molar-refractivity contribution in [2.24, 2.45) is 5.73 Å². The van der Waals surface area contributed by atoms with Crippen LogP contribution in [0.3, 0.4) is 0 Å². The highest BCUT2D eigenvalue weighted by Crippen LogP contribution is 2.29. The van der Waals surface area contributed by atoms with E-state index in [1.165, 1.54) is 11.3 Å². The molecule has 18 heavy (non-hydrogen) atoms. The minimum Gasteiger partial charge on any atom is -0.397 e. The molecule has 0 amide bonds. The highest BCUT2D eigenvalue weighted by atomic mass is 79.9. The molecule has 2 aromatic rings. The maximum absolute atomic E-state index is 9.30. The first-order valence-electron chi connectivity index (χ1n) is 5.34. The minimum atomic E-state index is 0.527. The third kappa shape index (κ3) is 2.33. The fourth-order valence-corrected chi connectivity index (χ4v) is 2.80. The van der Waals surface area contributed by atoms with Crippen LogP contribution in [0.15, 0.2) is 40.2 Å². The Morgan fingerprint density at radius 3 is 2.72 bits per heavy atom. The Balaban J connectivity index is 2.62. The molecular formula is C14H11BrN2S. The average molecular weight is 319 g/mol. The van der Waals surface area contributed by atoms with Gasteiger partial charge in [0.25, 0.3) is 0 Å². The first-order chi connectivity index (χ1) is 8.65. The van der Waals surface area contributed by atoms with E-state index in [2.05, 4.69) is 22.0 Å². The monoisotopic (exact) mass is 318 g/mol. The summed E-state index contributed by atoms with van der Waals surface area (Å²) in [6.07, 6.45) is 0. The summed E-state index contributed by atoms with van der Waals surface area (Å²) in [7, 11) is 0. The zero-order valence-electron chi connectivity index (χ0n) is 9.77. The second kappa shape index (κ2) is 5.38. The third-order valence-corrected chi connectivity index (χ3v) is 4.45. The number of nitrogens with two attached hydrogens (primary N) is 1. The number of allylic oxidation sites excluding steroid dienone is 1. The van der Waals surface area contributed by atoms with Crippen molar-refractivity contribution in [3.63, 3.8) is 0 Å². The fraction of sp³-hybridized carbons (Fsp3) is 0.0714. The molecule has 0 aliphatic carbocycles. The van der Waals surface area contributed by atoms with Crippen molar-refractivity contribution in [1.29, 1.82) is 5.26 Å². The highest BCUT2D eigenvalue weighted by molar-refractivity contribution is 9.10. The smallest absolute Gasteiger partial charge is 0.103 e. The predicted octanol–water partition coefficient (Wildman–Crippen LogP) is 4.17. The molecule has 0 saturated carbocycles. The van der Waals surface area contributed by atoms with Gasteiger partial charge in [0.1, 0.15) is 6.07 Å². The van der Waals surface area contributed by atoms with Gasteiger partial charge in [-0.15, -0.1) is 11.3 Å². The number of benzene rings is 1. The predicted molar refractivity (Wildman–Crippen MR) is 79.8 cm³/mol. The molecular weight excluding hydrogens is 308 g/mol. The normalized spacial score (nSPS) is 11.8. The first kappa shape index (κ1) is 12.9. The molecule has 0 spiro atoms. The summed E-state index contributed by atoms with van der Waals surface area (Å²) in [5.41, 5.74) is 9.15. The van der Waals surface area contributed by atoms with E-state index in [1.54, 1.807) is 0 Å². The van der Waals surface area contributed by atoms with Crippen LogP contribution in [0.2, 0.25) is 0 Å². The molecule has 2 N–H and O–H groups in total. The van der Waals surface area contributed by atoms with E-state index in [0.29, 0.717) is 11.3 Å². The molecule has 4 heteroatoms. The van der Waals surface area contributed by atoms with Crippen molar-refractivity contribution in [2.75, 3.05) is 0 Å². The van der Waals surface area contributed by atoms with Gasteiger partial charge in [-0.25, -0.2) is 0 Å². The minimum absolute atomic E-state index is 0.527. The largest absolute Gasteiger partial charge is 0.397 e. The zero-order valence-corrected chi connectivity index (χ0v) is 12.2. The molecule has 1 aromatic heterocycles. The Morgan fingerprint density at radius 2 is 2.11 bits per heavy atom. The van der Waals surface area contributed by atoms with E-state index >= 15 is 0 Å². The van der Waals surface area contributed by atoms with Crippen LogP contribution in [0.4, 0.5) is 0 Å². The lowest BCUT2D eigenvalue weighted by Crippen LogP contribution is -2.02. The van der Waals surface area contributed by atoms with E-state index in [1.807, 2.05) is 42.6 Å². The molecule has 0 radical (unpaired) electrons. The highest BCUT2D eigenvalue weighted by Gasteiger charge is 2.12. The van der Waals surface area contributed by atoms with Crippen LogP contribution < -0.4 is 5.73 Å². The third-order valence-electron chi connectivity index (χ3n) is 2.71. The molecule has 0 unspecified atom stereocenters. The zero-order chi connectivity index (χ0) is 13.1. The van der Waals surface area contributed by atoms with Gasteiger partial charge in [0.15, 0.2) is 0 Å². The van der Waals surface area contributed by atoms with Gasteiger partial charge in [0.05, 0.1) is 11.3 Å². The second-order valence-corrected chi connectivity index (χ2v) is 5.59. The molecule has 2 rings (SSSR count). The quantitative estimate of drug-likeness (QED) is 0.845. The summed E-state index contributed by atoms with van der Waals surface area (Å²) in [6.45, 7) is 1.98. The van der Waals surface area contributed by atoms with Crippen molar-refractivity contribution >= 4 is 38.5 Å². The number of nitrogens with zero attached hydrogens (tertiary/aromatic N) is 1. The van der Waals surface area contributed by atoms with E-state index in [0.717, 1.165) is 20.5 Å². The van der Waals surface area contributed by atoms with E-state index < -0.39 is 0 Å². The summed E-state index contributed by atoms with van der Waals surface area (Å²) in [4.78, 5) is 0.898. The van der Waals surface area contributed by atoms with E-state index in [4.69, 9.17) is 5.73 Å². The van der Waals surface area contributed by atoms with Crippen LogP contribution in [-0.2, 0) is 0 Å². The molecule has 0 aliphatic rings. The van der Waals surface area contributed by atoms with Gasteiger partial charge in [0, 0.05) is 14.9 Å². The molecule has 1 aromatic carbocycles. The van der Waals surface area contributed by atoms with Gasteiger partial charge < -0.3 is 5.73 Å². The van der Waals surface area contributed by atoms with Crippen LogP contribution in [0.1, 0.15) is 16.0 Å². The van der Waals surface area contributed by atoms with Crippen LogP contribution in [-0.4, -0.2) is 0 Å². The molecule has 90 valence electrons. The number of hydrogen-bond donors (Lipinski definition) is 1. The van der Waals surface area contributed by atoms with E-state index in [-0.39, 0.29) is 0 Å². The topological polar surface area (TPSA) is 49.8 Å². The van der Waals surface area contributed by atoms with Crippen LogP contribution in [0.25, 0.3) is 11.3 Å². The van der Waals surface area contributed by atoms with Gasteiger partial charge in [-0.2, -0.15) is 5.26 Å². The molecule has 1 heterocycles. The van der Waals surface area contributed by atoms with Crippen LogP contribution in [0, 0.1) is 18.3 Å². The van der Waals surface area contributed by atoms with Gasteiger partial charge in [-0.05, 0) is 30.0 Å². The summed E-state index contributed by atoms with van der Waals surface area (Å²) >= 11 is 4.99. The lowest BCUT2D eigenvalue weighted by molar-refractivity contribution is 1.36. The van der Waals surface area contributed by atoms with Crippen molar-refractivity contribution < 1.29 is 0 Å². The fourth-order valence-electron chi connectivity index (χ4n) is 1.70. The van der Waals surface area contributed by atoms with Gasteiger partial charge in [0.2, 0.25) is 0 Å². The van der Waals surface area contributed by atoms with Crippen LogP contribution in [0.5, 0.6) is 0 Å².